The number of hydrogen-bond acceptors (Lipinski definition) is 2. The molecule has 0 spiro atoms. The van der Waals surface area contributed by atoms with E-state index in [0.717, 1.165) is 11.1 Å². The highest BCUT2D eigenvalue weighted by atomic mass is 16.2. The summed E-state index contributed by atoms with van der Waals surface area (Å²) in [5.41, 5.74) is 7.26. The maximum atomic E-state index is 11.9. The molecule has 1 heterocycles. The van der Waals surface area contributed by atoms with Crippen molar-refractivity contribution in [2.45, 2.75) is 19.4 Å². The van der Waals surface area contributed by atoms with Gasteiger partial charge in [0.1, 0.15) is 6.04 Å². The van der Waals surface area contributed by atoms with Crippen molar-refractivity contribution in [3.8, 4) is 0 Å². The Hall–Kier alpha value is -2.10. The van der Waals surface area contributed by atoms with Crippen LogP contribution in [-0.4, -0.2) is 29.3 Å². The first-order chi connectivity index (χ1) is 8.63. The van der Waals surface area contributed by atoms with Crippen molar-refractivity contribution in [2.24, 2.45) is 5.73 Å². The number of hydrogen-bond donors (Lipinski definition) is 1. The zero-order valence-electron chi connectivity index (χ0n) is 10.3. The number of rotatable bonds is 4. The number of amides is 2. The summed E-state index contributed by atoms with van der Waals surface area (Å²) < 4.78 is 0. The Morgan fingerprint density at radius 1 is 1.39 bits per heavy atom. The smallest absolute Gasteiger partial charge is 0.247 e. The van der Waals surface area contributed by atoms with Gasteiger partial charge in [-0.3, -0.25) is 9.59 Å². The second-order valence-corrected chi connectivity index (χ2v) is 4.33. The predicted molar refractivity (Wildman–Crippen MR) is 69.4 cm³/mol. The van der Waals surface area contributed by atoms with Crippen molar-refractivity contribution in [2.75, 3.05) is 6.54 Å². The molecular formula is C14H16N2O2. The van der Waals surface area contributed by atoms with Gasteiger partial charge in [0.25, 0.3) is 0 Å². The molecule has 1 aliphatic rings. The largest absolute Gasteiger partial charge is 0.368 e. The standard InChI is InChI=1S/C14H16N2O2/c1-2-12(14(15)18)16-9-11(8-13(16)17)10-6-4-3-5-7-10/h3-8,12H,2,9H2,1H3,(H2,15,18)/t12-/m0/s1. The molecule has 4 nitrogen and oxygen atoms in total. The lowest BCUT2D eigenvalue weighted by Crippen LogP contribution is -2.45. The second kappa shape index (κ2) is 5.04. The summed E-state index contributed by atoms with van der Waals surface area (Å²) in [7, 11) is 0. The fraction of sp³-hybridized carbons (Fsp3) is 0.286. The molecule has 0 saturated carbocycles. The van der Waals surface area contributed by atoms with E-state index < -0.39 is 11.9 Å². The summed E-state index contributed by atoms with van der Waals surface area (Å²) >= 11 is 0. The summed E-state index contributed by atoms with van der Waals surface area (Å²) in [4.78, 5) is 24.7. The minimum atomic E-state index is -0.519. The molecule has 0 unspecified atom stereocenters. The topological polar surface area (TPSA) is 63.4 Å². The third kappa shape index (κ3) is 2.27. The first kappa shape index (κ1) is 12.4. The molecule has 0 fully saturated rings. The highest BCUT2D eigenvalue weighted by molar-refractivity contribution is 6.02. The number of nitrogens with zero attached hydrogens (tertiary/aromatic N) is 1. The summed E-state index contributed by atoms with van der Waals surface area (Å²) in [5, 5.41) is 0. The van der Waals surface area contributed by atoms with E-state index in [1.807, 2.05) is 37.3 Å². The van der Waals surface area contributed by atoms with Crippen LogP contribution < -0.4 is 5.73 Å². The summed E-state index contributed by atoms with van der Waals surface area (Å²) in [6.07, 6.45) is 2.12. The Balaban J connectivity index is 2.19. The van der Waals surface area contributed by atoms with E-state index >= 15 is 0 Å². The summed E-state index contributed by atoms with van der Waals surface area (Å²) in [5.74, 6) is -0.590. The second-order valence-electron chi connectivity index (χ2n) is 4.33. The minimum absolute atomic E-state index is 0.139. The lowest BCUT2D eigenvalue weighted by molar-refractivity contribution is -0.134. The Morgan fingerprint density at radius 2 is 2.06 bits per heavy atom. The number of primary amides is 1. The Kier molecular flexibility index (Phi) is 3.46. The summed E-state index contributed by atoms with van der Waals surface area (Å²) in [6, 6.07) is 9.16. The average Bonchev–Trinajstić information content (AvgIpc) is 2.73. The molecule has 1 atom stereocenters. The summed E-state index contributed by atoms with van der Waals surface area (Å²) in [6.45, 7) is 2.30. The zero-order valence-corrected chi connectivity index (χ0v) is 10.3. The van der Waals surface area contributed by atoms with Crippen LogP contribution in [-0.2, 0) is 9.59 Å². The van der Waals surface area contributed by atoms with Crippen LogP contribution >= 0.6 is 0 Å². The van der Waals surface area contributed by atoms with E-state index in [9.17, 15) is 9.59 Å². The van der Waals surface area contributed by atoms with Gasteiger partial charge in [-0.25, -0.2) is 0 Å². The van der Waals surface area contributed by atoms with Gasteiger partial charge in [-0.15, -0.1) is 0 Å². The molecule has 4 heteroatoms. The van der Waals surface area contributed by atoms with Crippen LogP contribution in [0.5, 0.6) is 0 Å². The van der Waals surface area contributed by atoms with Crippen LogP contribution in [0.15, 0.2) is 36.4 Å². The van der Waals surface area contributed by atoms with Crippen molar-refractivity contribution in [1.29, 1.82) is 0 Å². The van der Waals surface area contributed by atoms with E-state index in [1.165, 1.54) is 4.90 Å². The quantitative estimate of drug-likeness (QED) is 0.864. The predicted octanol–water partition coefficient (Wildman–Crippen LogP) is 1.18. The number of benzene rings is 1. The molecule has 2 N–H and O–H groups in total. The van der Waals surface area contributed by atoms with Crippen LogP contribution in [0.2, 0.25) is 0 Å². The molecule has 94 valence electrons. The van der Waals surface area contributed by atoms with Crippen LogP contribution in [0.4, 0.5) is 0 Å². The molecule has 18 heavy (non-hydrogen) atoms. The number of carbonyl (C=O) groups excluding carboxylic acids is 2. The van der Waals surface area contributed by atoms with Crippen molar-refractivity contribution >= 4 is 17.4 Å². The maximum Gasteiger partial charge on any atom is 0.247 e. The Bertz CT molecular complexity index is 494. The van der Waals surface area contributed by atoms with Crippen molar-refractivity contribution in [3.63, 3.8) is 0 Å². The van der Waals surface area contributed by atoms with Crippen LogP contribution in [0, 0.1) is 0 Å². The molecule has 1 aliphatic heterocycles. The molecule has 2 amide bonds. The van der Waals surface area contributed by atoms with Crippen LogP contribution in [0.25, 0.3) is 5.57 Å². The third-order valence-corrected chi connectivity index (χ3v) is 3.16. The highest BCUT2D eigenvalue weighted by Crippen LogP contribution is 2.23. The highest BCUT2D eigenvalue weighted by Gasteiger charge is 2.30. The number of nitrogens with two attached hydrogens (primary N) is 1. The molecule has 0 radical (unpaired) electrons. The molecule has 1 aromatic carbocycles. The fourth-order valence-electron chi connectivity index (χ4n) is 2.20. The Morgan fingerprint density at radius 3 is 2.61 bits per heavy atom. The molecular weight excluding hydrogens is 228 g/mol. The van der Waals surface area contributed by atoms with E-state index in [1.54, 1.807) is 6.08 Å². The molecule has 0 aliphatic carbocycles. The van der Waals surface area contributed by atoms with Gasteiger partial charge in [0.15, 0.2) is 0 Å². The molecule has 1 aromatic rings. The van der Waals surface area contributed by atoms with Gasteiger partial charge in [0.2, 0.25) is 11.8 Å². The van der Waals surface area contributed by atoms with E-state index in [2.05, 4.69) is 0 Å². The van der Waals surface area contributed by atoms with Crippen LogP contribution in [0.1, 0.15) is 18.9 Å². The van der Waals surface area contributed by atoms with E-state index in [4.69, 9.17) is 5.73 Å². The molecule has 0 aromatic heterocycles. The first-order valence-electron chi connectivity index (χ1n) is 5.99. The zero-order chi connectivity index (χ0) is 13.1. The van der Waals surface area contributed by atoms with E-state index in [0.29, 0.717) is 13.0 Å². The van der Waals surface area contributed by atoms with Gasteiger partial charge in [-0.1, -0.05) is 37.3 Å². The van der Waals surface area contributed by atoms with Crippen molar-refractivity contribution in [1.82, 2.24) is 4.90 Å². The Labute approximate surface area is 106 Å². The first-order valence-corrected chi connectivity index (χ1v) is 5.99. The van der Waals surface area contributed by atoms with Crippen molar-refractivity contribution < 1.29 is 9.59 Å². The van der Waals surface area contributed by atoms with Crippen LogP contribution in [0.3, 0.4) is 0 Å². The SMILES string of the molecule is CC[C@@H](C(N)=O)N1CC(c2ccccc2)=CC1=O. The molecule has 0 saturated heterocycles. The van der Waals surface area contributed by atoms with E-state index in [-0.39, 0.29) is 5.91 Å². The number of carbonyl (C=O) groups is 2. The van der Waals surface area contributed by atoms with Gasteiger partial charge >= 0.3 is 0 Å². The van der Waals surface area contributed by atoms with Gasteiger partial charge in [0.05, 0.1) is 0 Å². The third-order valence-electron chi connectivity index (χ3n) is 3.16. The van der Waals surface area contributed by atoms with Crippen molar-refractivity contribution in [3.05, 3.63) is 42.0 Å². The fourth-order valence-corrected chi connectivity index (χ4v) is 2.20. The van der Waals surface area contributed by atoms with Gasteiger partial charge in [0, 0.05) is 12.6 Å². The minimum Gasteiger partial charge on any atom is -0.368 e. The van der Waals surface area contributed by atoms with Gasteiger partial charge in [-0.05, 0) is 17.6 Å². The normalized spacial score (nSPS) is 16.6. The monoisotopic (exact) mass is 244 g/mol. The molecule has 2 rings (SSSR count). The lowest BCUT2D eigenvalue weighted by atomic mass is 10.1. The lowest BCUT2D eigenvalue weighted by Gasteiger charge is -2.24. The van der Waals surface area contributed by atoms with Gasteiger partial charge < -0.3 is 10.6 Å². The average molecular weight is 244 g/mol. The van der Waals surface area contributed by atoms with Gasteiger partial charge in [-0.2, -0.15) is 0 Å². The molecule has 0 bridgehead atoms. The maximum absolute atomic E-state index is 11.9.